The van der Waals surface area contributed by atoms with Gasteiger partial charge in [0, 0.05) is 12.2 Å². The van der Waals surface area contributed by atoms with E-state index in [1.54, 1.807) is 0 Å². The maximum atomic E-state index is 10.7. The quantitative estimate of drug-likeness (QED) is 0.413. The number of carbonyl (C=O) groups is 2. The minimum atomic E-state index is -0.440. The van der Waals surface area contributed by atoms with Crippen molar-refractivity contribution in [2.75, 3.05) is 5.75 Å². The van der Waals surface area contributed by atoms with Crippen molar-refractivity contribution in [3.8, 4) is 0 Å². The van der Waals surface area contributed by atoms with Gasteiger partial charge in [0.25, 0.3) is 5.91 Å². The second-order valence-electron chi connectivity index (χ2n) is 2.16. The third kappa shape index (κ3) is 2.02. The van der Waals surface area contributed by atoms with Crippen molar-refractivity contribution < 1.29 is 9.59 Å². The molecule has 0 atom stereocenters. The predicted octanol–water partition coefficient (Wildman–Crippen LogP) is 0.504. The lowest BCUT2D eigenvalue weighted by atomic mass is 10.2. The van der Waals surface area contributed by atoms with Crippen LogP contribution in [0.15, 0.2) is 0 Å². The molecule has 0 aliphatic carbocycles. The molecule has 10 heavy (non-hydrogen) atoms. The highest BCUT2D eigenvalue weighted by Gasteiger charge is 2.14. The number of amides is 1. The Labute approximate surface area is 63.7 Å². The molecule has 0 unspecified atom stereocenters. The maximum absolute atomic E-state index is 10.7. The number of hydrogen-bond donors (Lipinski definition) is 1. The lowest BCUT2D eigenvalue weighted by Crippen LogP contribution is -2.27. The summed E-state index contributed by atoms with van der Waals surface area (Å²) < 4.78 is 2.46. The molecule has 0 aromatic heterocycles. The third-order valence-corrected chi connectivity index (χ3v) is 2.14. The van der Waals surface area contributed by atoms with Gasteiger partial charge in [-0.25, -0.2) is 0 Å². The van der Waals surface area contributed by atoms with Gasteiger partial charge < -0.3 is 0 Å². The van der Waals surface area contributed by atoms with Crippen molar-refractivity contribution in [3.05, 3.63) is 0 Å². The van der Waals surface area contributed by atoms with Crippen LogP contribution in [0.5, 0.6) is 0 Å². The predicted molar refractivity (Wildman–Crippen MR) is 39.5 cm³/mol. The molecule has 1 heterocycles. The monoisotopic (exact) mass is 159 g/mol. The highest BCUT2D eigenvalue weighted by molar-refractivity contribution is 7.98. The first kappa shape index (κ1) is 7.60. The van der Waals surface area contributed by atoms with E-state index in [4.69, 9.17) is 0 Å². The smallest absolute Gasteiger partial charge is 0.293 e. The number of carbonyl (C=O) groups excluding carboxylic acids is 2. The van der Waals surface area contributed by atoms with E-state index in [0.29, 0.717) is 6.42 Å². The standard InChI is InChI=1S/C6H9NO2S/c8-5-3-1-2-4-10-7-6(5)9/h1-4H2,(H,7,9). The summed E-state index contributed by atoms with van der Waals surface area (Å²) in [6, 6.07) is 0. The second kappa shape index (κ2) is 3.61. The largest absolute Gasteiger partial charge is 0.297 e. The van der Waals surface area contributed by atoms with Gasteiger partial charge >= 0.3 is 0 Å². The average Bonchev–Trinajstić information content (AvgIpc) is 1.92. The van der Waals surface area contributed by atoms with Gasteiger partial charge in [-0.1, -0.05) is 11.9 Å². The minimum Gasteiger partial charge on any atom is -0.293 e. The molecule has 1 aliphatic heterocycles. The first-order chi connectivity index (χ1) is 4.80. The minimum absolute atomic E-state index is 0.285. The molecule has 1 amide bonds. The zero-order valence-corrected chi connectivity index (χ0v) is 6.37. The molecule has 1 aliphatic rings. The van der Waals surface area contributed by atoms with Gasteiger partial charge in [-0.3, -0.25) is 14.3 Å². The first-order valence-electron chi connectivity index (χ1n) is 3.25. The van der Waals surface area contributed by atoms with Crippen LogP contribution in [-0.4, -0.2) is 17.4 Å². The number of rotatable bonds is 0. The molecule has 1 rings (SSSR count). The molecular formula is C6H9NO2S. The summed E-state index contributed by atoms with van der Waals surface area (Å²) in [7, 11) is 0. The highest BCUT2D eigenvalue weighted by atomic mass is 32.2. The fourth-order valence-corrected chi connectivity index (χ4v) is 1.44. The van der Waals surface area contributed by atoms with Crippen LogP contribution in [0.25, 0.3) is 0 Å². The number of ketones is 1. The van der Waals surface area contributed by atoms with Crippen LogP contribution in [-0.2, 0) is 9.59 Å². The van der Waals surface area contributed by atoms with Crippen LogP contribution in [0.2, 0.25) is 0 Å². The molecule has 0 bridgehead atoms. The van der Waals surface area contributed by atoms with Crippen molar-refractivity contribution in [2.24, 2.45) is 0 Å². The first-order valence-corrected chi connectivity index (χ1v) is 4.24. The Hall–Kier alpha value is -0.510. The zero-order valence-electron chi connectivity index (χ0n) is 5.55. The Morgan fingerprint density at radius 1 is 1.30 bits per heavy atom. The van der Waals surface area contributed by atoms with Gasteiger partial charge in [0.2, 0.25) is 5.78 Å². The molecule has 0 radical (unpaired) electrons. The van der Waals surface area contributed by atoms with E-state index in [0.717, 1.165) is 18.6 Å². The van der Waals surface area contributed by atoms with E-state index >= 15 is 0 Å². The molecule has 1 saturated heterocycles. The lowest BCUT2D eigenvalue weighted by molar-refractivity contribution is -0.136. The Morgan fingerprint density at radius 2 is 2.10 bits per heavy atom. The van der Waals surface area contributed by atoms with Gasteiger partial charge in [0.15, 0.2) is 0 Å². The van der Waals surface area contributed by atoms with Gasteiger partial charge in [0.05, 0.1) is 0 Å². The lowest BCUT2D eigenvalue weighted by Gasteiger charge is -2.06. The average molecular weight is 159 g/mol. The Bertz CT molecular complexity index is 140. The van der Waals surface area contributed by atoms with Crippen LogP contribution < -0.4 is 4.72 Å². The molecule has 0 aromatic carbocycles. The van der Waals surface area contributed by atoms with E-state index in [1.807, 2.05) is 0 Å². The van der Waals surface area contributed by atoms with Crippen molar-refractivity contribution in [1.82, 2.24) is 4.72 Å². The third-order valence-electron chi connectivity index (χ3n) is 1.32. The van der Waals surface area contributed by atoms with Crippen molar-refractivity contribution in [2.45, 2.75) is 19.3 Å². The van der Waals surface area contributed by atoms with E-state index in [-0.39, 0.29) is 5.78 Å². The van der Waals surface area contributed by atoms with E-state index < -0.39 is 5.91 Å². The molecule has 56 valence electrons. The fourth-order valence-electron chi connectivity index (χ4n) is 0.747. The number of nitrogens with one attached hydrogen (secondary N) is 1. The normalized spacial score (nSPS) is 21.2. The van der Waals surface area contributed by atoms with Crippen LogP contribution in [0, 0.1) is 0 Å². The van der Waals surface area contributed by atoms with E-state index in [2.05, 4.69) is 4.72 Å². The van der Waals surface area contributed by atoms with Crippen molar-refractivity contribution >= 4 is 23.6 Å². The molecular weight excluding hydrogens is 150 g/mol. The van der Waals surface area contributed by atoms with Gasteiger partial charge in [-0.15, -0.1) is 0 Å². The Balaban J connectivity index is 2.43. The van der Waals surface area contributed by atoms with Crippen LogP contribution in [0.1, 0.15) is 19.3 Å². The maximum Gasteiger partial charge on any atom is 0.297 e. The van der Waals surface area contributed by atoms with Crippen LogP contribution >= 0.6 is 11.9 Å². The summed E-state index contributed by atoms with van der Waals surface area (Å²) in [5, 5.41) is 0. The Kier molecular flexibility index (Phi) is 2.74. The molecule has 0 saturated carbocycles. The topological polar surface area (TPSA) is 46.2 Å². The molecule has 1 fully saturated rings. The fraction of sp³-hybridized carbons (Fsp3) is 0.667. The molecule has 3 nitrogen and oxygen atoms in total. The molecule has 1 N–H and O–H groups in total. The summed E-state index contributed by atoms with van der Waals surface area (Å²) in [5.74, 6) is 0.191. The molecule has 0 spiro atoms. The van der Waals surface area contributed by atoms with Crippen molar-refractivity contribution in [1.29, 1.82) is 0 Å². The van der Waals surface area contributed by atoms with Gasteiger partial charge in [0.1, 0.15) is 0 Å². The number of Topliss-reactive ketones (excluding diaryl/α,β-unsaturated/α-hetero) is 1. The SMILES string of the molecule is O=C1CCCCSNC1=O. The Morgan fingerprint density at radius 3 is 2.90 bits per heavy atom. The summed E-state index contributed by atoms with van der Waals surface area (Å²) in [4.78, 5) is 21.4. The van der Waals surface area contributed by atoms with Crippen LogP contribution in [0.3, 0.4) is 0 Å². The van der Waals surface area contributed by atoms with Gasteiger partial charge in [-0.2, -0.15) is 0 Å². The molecule has 4 heteroatoms. The van der Waals surface area contributed by atoms with Crippen LogP contribution in [0.4, 0.5) is 0 Å². The second-order valence-corrected chi connectivity index (χ2v) is 3.06. The molecule has 0 aromatic rings. The summed E-state index contributed by atoms with van der Waals surface area (Å²) in [6.45, 7) is 0. The van der Waals surface area contributed by atoms with Gasteiger partial charge in [-0.05, 0) is 12.8 Å². The van der Waals surface area contributed by atoms with Crippen molar-refractivity contribution in [3.63, 3.8) is 0 Å². The van der Waals surface area contributed by atoms with E-state index in [1.165, 1.54) is 11.9 Å². The number of hydrogen-bond acceptors (Lipinski definition) is 3. The zero-order chi connectivity index (χ0) is 7.40. The summed E-state index contributed by atoms with van der Waals surface area (Å²) in [5.41, 5.74) is 0. The van der Waals surface area contributed by atoms with E-state index in [9.17, 15) is 9.59 Å². The summed E-state index contributed by atoms with van der Waals surface area (Å²) in [6.07, 6.45) is 2.27. The highest BCUT2D eigenvalue weighted by Crippen LogP contribution is 2.07. The summed E-state index contributed by atoms with van der Waals surface area (Å²) >= 11 is 1.32.